The van der Waals surface area contributed by atoms with E-state index in [1.54, 1.807) is 6.07 Å². The van der Waals surface area contributed by atoms with Crippen LogP contribution < -0.4 is 0 Å². The molecule has 23 heavy (non-hydrogen) atoms. The molecule has 1 aromatic rings. The Balaban J connectivity index is 0.000000705. The number of phenolic OH excluding ortho intramolecular Hbond substituents is 2. The summed E-state index contributed by atoms with van der Waals surface area (Å²) in [6, 6.07) is 3.56. The van der Waals surface area contributed by atoms with Crippen molar-refractivity contribution in [2.24, 2.45) is 11.8 Å². The van der Waals surface area contributed by atoms with Crippen molar-refractivity contribution in [2.75, 3.05) is 6.61 Å². The summed E-state index contributed by atoms with van der Waals surface area (Å²) in [5.41, 5.74) is 2.18. The second-order valence-electron chi connectivity index (χ2n) is 6.08. The number of aromatic hydroxyl groups is 2. The Morgan fingerprint density at radius 3 is 2.17 bits per heavy atom. The van der Waals surface area contributed by atoms with Gasteiger partial charge in [0.15, 0.2) is 11.5 Å². The largest absolute Gasteiger partial charge is 0.504 e. The van der Waals surface area contributed by atoms with Crippen LogP contribution in [0.5, 0.6) is 11.5 Å². The van der Waals surface area contributed by atoms with Crippen LogP contribution in [-0.4, -0.2) is 21.9 Å². The van der Waals surface area contributed by atoms with Gasteiger partial charge in [0, 0.05) is 12.2 Å². The lowest BCUT2D eigenvalue weighted by molar-refractivity contribution is 0.295. The van der Waals surface area contributed by atoms with Crippen molar-refractivity contribution in [2.45, 2.75) is 73.1 Å². The minimum absolute atomic E-state index is 0.0209. The van der Waals surface area contributed by atoms with Gasteiger partial charge in [-0.1, -0.05) is 53.5 Å². The van der Waals surface area contributed by atoms with Crippen LogP contribution >= 0.6 is 0 Å². The van der Waals surface area contributed by atoms with Crippen LogP contribution in [0.25, 0.3) is 0 Å². The SMILES string of the molecule is CC.CCCC[C@@H]1Cc2c(ccc(O)c2O)CC1C.CCCO. The average molecular weight is 325 g/mol. The van der Waals surface area contributed by atoms with E-state index in [1.165, 1.54) is 24.8 Å². The maximum Gasteiger partial charge on any atom is 0.160 e. The van der Waals surface area contributed by atoms with Gasteiger partial charge in [-0.15, -0.1) is 0 Å². The normalized spacial score (nSPS) is 18.9. The number of aliphatic hydroxyl groups is 1. The molecule has 0 radical (unpaired) electrons. The predicted octanol–water partition coefficient (Wildman–Crippen LogP) is 5.05. The van der Waals surface area contributed by atoms with Gasteiger partial charge in [-0.3, -0.25) is 0 Å². The van der Waals surface area contributed by atoms with Crippen LogP contribution in [-0.2, 0) is 12.8 Å². The minimum Gasteiger partial charge on any atom is -0.504 e. The Kier molecular flexibility index (Phi) is 11.6. The maximum absolute atomic E-state index is 9.92. The van der Waals surface area contributed by atoms with Crippen LogP contribution in [0.3, 0.4) is 0 Å². The first kappa shape index (κ1) is 21.8. The van der Waals surface area contributed by atoms with E-state index in [0.717, 1.165) is 24.8 Å². The molecule has 0 amide bonds. The Morgan fingerprint density at radius 2 is 1.65 bits per heavy atom. The summed E-state index contributed by atoms with van der Waals surface area (Å²) in [5.74, 6) is 1.46. The highest BCUT2D eigenvalue weighted by molar-refractivity contribution is 5.50. The average Bonchev–Trinajstić information content (AvgIpc) is 2.59. The maximum atomic E-state index is 9.92. The monoisotopic (exact) mass is 324 g/mol. The first-order valence-corrected chi connectivity index (χ1v) is 9.18. The lowest BCUT2D eigenvalue weighted by atomic mass is 9.74. The lowest BCUT2D eigenvalue weighted by Crippen LogP contribution is -2.23. The van der Waals surface area contributed by atoms with Crippen molar-refractivity contribution in [1.29, 1.82) is 0 Å². The Labute approximate surface area is 142 Å². The van der Waals surface area contributed by atoms with E-state index in [0.29, 0.717) is 18.4 Å². The zero-order valence-electron chi connectivity index (χ0n) is 15.6. The van der Waals surface area contributed by atoms with Gasteiger partial charge in [-0.05, 0) is 49.1 Å². The van der Waals surface area contributed by atoms with Crippen molar-refractivity contribution in [3.63, 3.8) is 0 Å². The van der Waals surface area contributed by atoms with Gasteiger partial charge >= 0.3 is 0 Å². The number of hydrogen-bond donors (Lipinski definition) is 3. The van der Waals surface area contributed by atoms with Crippen molar-refractivity contribution >= 4 is 0 Å². The van der Waals surface area contributed by atoms with Crippen molar-refractivity contribution in [3.05, 3.63) is 23.3 Å². The first-order chi connectivity index (χ1) is 11.0. The predicted molar refractivity (Wildman–Crippen MR) is 98.1 cm³/mol. The zero-order chi connectivity index (χ0) is 17.8. The molecule has 0 aromatic heterocycles. The van der Waals surface area contributed by atoms with E-state index in [1.807, 2.05) is 26.8 Å². The van der Waals surface area contributed by atoms with Gasteiger partial charge in [0.05, 0.1) is 0 Å². The highest BCUT2D eigenvalue weighted by atomic mass is 16.3. The number of fused-ring (bicyclic) bond motifs is 1. The van der Waals surface area contributed by atoms with E-state index in [4.69, 9.17) is 5.11 Å². The molecular weight excluding hydrogens is 288 g/mol. The summed E-state index contributed by atoms with van der Waals surface area (Å²) in [5, 5.41) is 27.4. The van der Waals surface area contributed by atoms with Gasteiger partial charge in [0.1, 0.15) is 0 Å². The summed E-state index contributed by atoms with van der Waals surface area (Å²) < 4.78 is 0. The summed E-state index contributed by atoms with van der Waals surface area (Å²) in [7, 11) is 0. The number of phenols is 2. The van der Waals surface area contributed by atoms with Gasteiger partial charge in [-0.25, -0.2) is 0 Å². The molecular formula is C20H36O3. The Bertz CT molecular complexity index is 427. The fourth-order valence-corrected chi connectivity index (χ4v) is 2.91. The molecule has 0 spiro atoms. The molecule has 3 nitrogen and oxygen atoms in total. The third-order valence-electron chi connectivity index (χ3n) is 4.32. The van der Waals surface area contributed by atoms with Crippen molar-refractivity contribution in [1.82, 2.24) is 0 Å². The fraction of sp³-hybridized carbons (Fsp3) is 0.700. The molecule has 1 aliphatic carbocycles. The molecule has 134 valence electrons. The second kappa shape index (κ2) is 12.2. The smallest absolute Gasteiger partial charge is 0.160 e. The van der Waals surface area contributed by atoms with Crippen molar-refractivity contribution in [3.8, 4) is 11.5 Å². The third kappa shape index (κ3) is 6.82. The van der Waals surface area contributed by atoms with Gasteiger partial charge < -0.3 is 15.3 Å². The molecule has 1 aliphatic rings. The molecule has 0 heterocycles. The van der Waals surface area contributed by atoms with Gasteiger partial charge in [0.25, 0.3) is 0 Å². The van der Waals surface area contributed by atoms with Gasteiger partial charge in [0.2, 0.25) is 0 Å². The molecule has 0 fully saturated rings. The number of unbranched alkanes of at least 4 members (excludes halogenated alkanes) is 1. The summed E-state index contributed by atoms with van der Waals surface area (Å²) in [6.07, 6.45) is 6.52. The Hall–Kier alpha value is -1.22. The molecule has 0 aliphatic heterocycles. The van der Waals surface area contributed by atoms with Crippen LogP contribution in [0.2, 0.25) is 0 Å². The number of hydrogen-bond acceptors (Lipinski definition) is 3. The van der Waals surface area contributed by atoms with E-state index < -0.39 is 0 Å². The summed E-state index contributed by atoms with van der Waals surface area (Å²) >= 11 is 0. The van der Waals surface area contributed by atoms with Crippen LogP contribution in [0, 0.1) is 11.8 Å². The molecule has 0 bridgehead atoms. The lowest BCUT2D eigenvalue weighted by Gasteiger charge is -2.31. The molecule has 3 N–H and O–H groups in total. The topological polar surface area (TPSA) is 60.7 Å². The Morgan fingerprint density at radius 1 is 1.04 bits per heavy atom. The second-order valence-corrected chi connectivity index (χ2v) is 6.08. The molecule has 1 unspecified atom stereocenters. The number of aliphatic hydroxyl groups excluding tert-OH is 1. The van der Waals surface area contributed by atoms with E-state index in [2.05, 4.69) is 13.8 Å². The van der Waals surface area contributed by atoms with Crippen LogP contribution in [0.15, 0.2) is 12.1 Å². The highest BCUT2D eigenvalue weighted by Gasteiger charge is 2.27. The highest BCUT2D eigenvalue weighted by Crippen LogP contribution is 2.40. The van der Waals surface area contributed by atoms with Crippen LogP contribution in [0.4, 0.5) is 0 Å². The fourth-order valence-electron chi connectivity index (χ4n) is 2.91. The molecule has 2 atom stereocenters. The molecule has 3 heteroatoms. The zero-order valence-corrected chi connectivity index (χ0v) is 15.6. The quantitative estimate of drug-likeness (QED) is 0.679. The molecule has 0 saturated carbocycles. The molecule has 1 aromatic carbocycles. The van der Waals surface area contributed by atoms with E-state index >= 15 is 0 Å². The third-order valence-corrected chi connectivity index (χ3v) is 4.32. The molecule has 2 rings (SSSR count). The van der Waals surface area contributed by atoms with E-state index in [9.17, 15) is 10.2 Å². The number of benzene rings is 1. The summed E-state index contributed by atoms with van der Waals surface area (Å²) in [6.45, 7) is 10.8. The number of rotatable bonds is 4. The summed E-state index contributed by atoms with van der Waals surface area (Å²) in [4.78, 5) is 0. The minimum atomic E-state index is 0.0209. The first-order valence-electron chi connectivity index (χ1n) is 9.18. The standard InChI is InChI=1S/C15H22O2.C3H8O.C2H6/c1-3-4-5-11-9-13-12(8-10(11)2)6-7-14(16)15(13)17;1-2-3-4;1-2/h6-7,10-11,16-17H,3-5,8-9H2,1-2H3;4H,2-3H2,1H3;1-2H3/t10?,11-;;/m1../s1. The van der Waals surface area contributed by atoms with E-state index in [-0.39, 0.29) is 11.5 Å². The van der Waals surface area contributed by atoms with Crippen LogP contribution in [0.1, 0.15) is 71.4 Å². The van der Waals surface area contributed by atoms with Crippen molar-refractivity contribution < 1.29 is 15.3 Å². The molecule has 0 saturated heterocycles. The van der Waals surface area contributed by atoms with Gasteiger partial charge in [-0.2, -0.15) is 0 Å².